The molecular weight excluding hydrogens is 300 g/mol. The van der Waals surface area contributed by atoms with Crippen molar-refractivity contribution in [3.05, 3.63) is 65.2 Å². The van der Waals surface area contributed by atoms with Crippen LogP contribution in [0.25, 0.3) is 0 Å². The lowest BCUT2D eigenvalue weighted by atomic mass is 10.1. The molecule has 1 fully saturated rings. The van der Waals surface area contributed by atoms with Gasteiger partial charge < -0.3 is 10.2 Å². The first-order valence-corrected chi connectivity index (χ1v) is 8.23. The quantitative estimate of drug-likeness (QED) is 0.939. The van der Waals surface area contributed by atoms with Crippen molar-refractivity contribution >= 4 is 17.5 Å². The maximum Gasteiger partial charge on any atom is 0.229 e. The van der Waals surface area contributed by atoms with E-state index in [1.807, 2.05) is 62.4 Å². The van der Waals surface area contributed by atoms with E-state index < -0.39 is 0 Å². The summed E-state index contributed by atoms with van der Waals surface area (Å²) in [7, 11) is 0. The number of benzene rings is 2. The summed E-state index contributed by atoms with van der Waals surface area (Å²) in [6, 6.07) is 15.8. The minimum atomic E-state index is -0.291. The molecule has 124 valence electrons. The standard InChI is InChI=1S/C20H22N2O2/c1-14-7-6-8-15(2)19(14)21-20(24)17-11-18(23)22(13-17)12-16-9-4-3-5-10-16/h3-10,17H,11-13H2,1-2H3,(H,21,24). The van der Waals surface area contributed by atoms with Crippen molar-refractivity contribution < 1.29 is 9.59 Å². The summed E-state index contributed by atoms with van der Waals surface area (Å²) in [5.41, 5.74) is 4.01. The fraction of sp³-hybridized carbons (Fsp3) is 0.300. The van der Waals surface area contributed by atoms with E-state index in [1.165, 1.54) is 0 Å². The Balaban J connectivity index is 1.66. The van der Waals surface area contributed by atoms with Crippen molar-refractivity contribution in [3.63, 3.8) is 0 Å². The minimum Gasteiger partial charge on any atom is -0.338 e. The highest BCUT2D eigenvalue weighted by Crippen LogP contribution is 2.24. The molecule has 4 heteroatoms. The van der Waals surface area contributed by atoms with E-state index >= 15 is 0 Å². The lowest BCUT2D eigenvalue weighted by molar-refractivity contribution is -0.128. The average Bonchev–Trinajstić information content (AvgIpc) is 2.93. The number of para-hydroxylation sites is 1. The van der Waals surface area contributed by atoms with Gasteiger partial charge in [-0.25, -0.2) is 0 Å². The topological polar surface area (TPSA) is 49.4 Å². The molecule has 0 spiro atoms. The highest BCUT2D eigenvalue weighted by Gasteiger charge is 2.34. The van der Waals surface area contributed by atoms with Crippen LogP contribution in [0.4, 0.5) is 5.69 Å². The number of hydrogen-bond acceptors (Lipinski definition) is 2. The van der Waals surface area contributed by atoms with Gasteiger partial charge in [0.15, 0.2) is 0 Å². The van der Waals surface area contributed by atoms with Crippen molar-refractivity contribution in [2.45, 2.75) is 26.8 Å². The van der Waals surface area contributed by atoms with Gasteiger partial charge in [0.2, 0.25) is 11.8 Å². The van der Waals surface area contributed by atoms with Crippen LogP contribution in [0.1, 0.15) is 23.1 Å². The minimum absolute atomic E-state index is 0.0421. The van der Waals surface area contributed by atoms with Gasteiger partial charge in [-0.2, -0.15) is 0 Å². The summed E-state index contributed by atoms with van der Waals surface area (Å²) in [6.45, 7) is 4.99. The molecule has 1 unspecified atom stereocenters. The van der Waals surface area contributed by atoms with Crippen LogP contribution in [0.15, 0.2) is 48.5 Å². The SMILES string of the molecule is Cc1cccc(C)c1NC(=O)C1CC(=O)N(Cc2ccccc2)C1. The smallest absolute Gasteiger partial charge is 0.229 e. The number of nitrogens with one attached hydrogen (secondary N) is 1. The first kappa shape index (κ1) is 16.2. The number of carbonyl (C=O) groups excluding carboxylic acids is 2. The summed E-state index contributed by atoms with van der Waals surface area (Å²) in [4.78, 5) is 26.6. The number of anilines is 1. The molecule has 2 aromatic carbocycles. The molecule has 0 bridgehead atoms. The maximum atomic E-state index is 12.6. The second kappa shape index (κ2) is 6.87. The molecular formula is C20H22N2O2. The number of likely N-dealkylation sites (tertiary alicyclic amines) is 1. The van der Waals surface area contributed by atoms with Crippen molar-refractivity contribution in [2.24, 2.45) is 5.92 Å². The lowest BCUT2D eigenvalue weighted by Crippen LogP contribution is -2.28. The average molecular weight is 322 g/mol. The van der Waals surface area contributed by atoms with Gasteiger partial charge in [0.05, 0.1) is 5.92 Å². The summed E-state index contributed by atoms with van der Waals surface area (Å²) in [5.74, 6) is -0.322. The third-order valence-corrected chi connectivity index (χ3v) is 4.53. The number of nitrogens with zero attached hydrogens (tertiary/aromatic N) is 1. The Bertz CT molecular complexity index is 735. The van der Waals surface area contributed by atoms with E-state index in [9.17, 15) is 9.59 Å². The number of hydrogen-bond donors (Lipinski definition) is 1. The van der Waals surface area contributed by atoms with Gasteiger partial charge >= 0.3 is 0 Å². The second-order valence-corrected chi connectivity index (χ2v) is 6.42. The fourth-order valence-electron chi connectivity index (χ4n) is 3.14. The highest BCUT2D eigenvalue weighted by molar-refractivity contribution is 5.98. The van der Waals surface area contributed by atoms with Crippen molar-refractivity contribution in [2.75, 3.05) is 11.9 Å². The summed E-state index contributed by atoms with van der Waals surface area (Å²) >= 11 is 0. The van der Waals surface area contributed by atoms with E-state index in [4.69, 9.17) is 0 Å². The summed E-state index contributed by atoms with van der Waals surface area (Å²) in [6.07, 6.45) is 0.281. The van der Waals surface area contributed by atoms with E-state index in [2.05, 4.69) is 5.32 Å². The van der Waals surface area contributed by atoms with Crippen LogP contribution < -0.4 is 5.32 Å². The fourth-order valence-corrected chi connectivity index (χ4v) is 3.14. The Labute approximate surface area is 142 Å². The molecule has 24 heavy (non-hydrogen) atoms. The van der Waals surface area contributed by atoms with Crippen LogP contribution in [-0.2, 0) is 16.1 Å². The normalized spacial score (nSPS) is 17.2. The van der Waals surface area contributed by atoms with Crippen LogP contribution in [0.2, 0.25) is 0 Å². The van der Waals surface area contributed by atoms with Crippen LogP contribution in [0.3, 0.4) is 0 Å². The lowest BCUT2D eigenvalue weighted by Gasteiger charge is -2.17. The molecule has 0 radical (unpaired) electrons. The first-order valence-electron chi connectivity index (χ1n) is 8.23. The monoisotopic (exact) mass is 322 g/mol. The summed E-state index contributed by atoms with van der Waals surface area (Å²) in [5, 5.41) is 3.01. The first-order chi connectivity index (χ1) is 11.5. The molecule has 0 saturated carbocycles. The van der Waals surface area contributed by atoms with Gasteiger partial charge in [-0.1, -0.05) is 48.5 Å². The van der Waals surface area contributed by atoms with Gasteiger partial charge in [0.1, 0.15) is 0 Å². The van der Waals surface area contributed by atoms with Crippen molar-refractivity contribution in [1.82, 2.24) is 4.90 Å². The molecule has 1 N–H and O–H groups in total. The van der Waals surface area contributed by atoms with E-state index in [0.29, 0.717) is 13.1 Å². The third-order valence-electron chi connectivity index (χ3n) is 4.53. The molecule has 2 amide bonds. The third kappa shape index (κ3) is 3.48. The Morgan fingerprint density at radius 3 is 2.42 bits per heavy atom. The van der Waals surface area contributed by atoms with Crippen LogP contribution in [-0.4, -0.2) is 23.3 Å². The molecule has 4 nitrogen and oxygen atoms in total. The van der Waals surface area contributed by atoms with Gasteiger partial charge in [0.25, 0.3) is 0 Å². The highest BCUT2D eigenvalue weighted by atomic mass is 16.2. The zero-order valence-corrected chi connectivity index (χ0v) is 14.1. The number of carbonyl (C=O) groups is 2. The van der Waals surface area contributed by atoms with Crippen molar-refractivity contribution in [3.8, 4) is 0 Å². The Morgan fingerprint density at radius 1 is 1.08 bits per heavy atom. The van der Waals surface area contributed by atoms with Crippen LogP contribution in [0, 0.1) is 19.8 Å². The van der Waals surface area contributed by atoms with E-state index in [1.54, 1.807) is 4.90 Å². The zero-order valence-electron chi connectivity index (χ0n) is 14.1. The Morgan fingerprint density at radius 2 is 1.75 bits per heavy atom. The molecule has 0 aliphatic carbocycles. The van der Waals surface area contributed by atoms with Crippen LogP contribution in [0.5, 0.6) is 0 Å². The molecule has 1 atom stereocenters. The summed E-state index contributed by atoms with van der Waals surface area (Å²) < 4.78 is 0. The predicted octanol–water partition coefficient (Wildman–Crippen LogP) is 3.29. The predicted molar refractivity (Wildman–Crippen MR) is 94.5 cm³/mol. The molecule has 1 aliphatic rings. The second-order valence-electron chi connectivity index (χ2n) is 6.42. The number of rotatable bonds is 4. The maximum absolute atomic E-state index is 12.6. The molecule has 3 rings (SSSR count). The van der Waals surface area contributed by atoms with Crippen LogP contribution >= 0.6 is 0 Å². The van der Waals surface area contributed by atoms with Gasteiger partial charge in [0, 0.05) is 25.2 Å². The Hall–Kier alpha value is -2.62. The number of aryl methyl sites for hydroxylation is 2. The van der Waals surface area contributed by atoms with Crippen molar-refractivity contribution in [1.29, 1.82) is 0 Å². The molecule has 1 saturated heterocycles. The Kier molecular flexibility index (Phi) is 4.65. The molecule has 0 aromatic heterocycles. The van der Waals surface area contributed by atoms with Gasteiger partial charge in [-0.15, -0.1) is 0 Å². The largest absolute Gasteiger partial charge is 0.338 e. The van der Waals surface area contributed by atoms with Gasteiger partial charge in [-0.3, -0.25) is 9.59 Å². The zero-order chi connectivity index (χ0) is 17.1. The molecule has 1 heterocycles. The molecule has 2 aromatic rings. The molecule has 1 aliphatic heterocycles. The van der Waals surface area contributed by atoms with E-state index in [0.717, 1.165) is 22.4 Å². The van der Waals surface area contributed by atoms with E-state index in [-0.39, 0.29) is 24.2 Å². The number of amides is 2. The van der Waals surface area contributed by atoms with Gasteiger partial charge in [-0.05, 0) is 30.5 Å².